The number of hydrogen-bond donors (Lipinski definition) is 0. The molecule has 4 nitrogen and oxygen atoms in total. The lowest BCUT2D eigenvalue weighted by Gasteiger charge is -2.36. The molecule has 0 unspecified atom stereocenters. The second-order valence-electron chi connectivity index (χ2n) is 7.17. The van der Waals surface area contributed by atoms with Crippen molar-refractivity contribution < 1.29 is 4.79 Å². The highest BCUT2D eigenvalue weighted by Crippen LogP contribution is 2.26. The van der Waals surface area contributed by atoms with E-state index in [1.54, 1.807) is 0 Å². The fourth-order valence-corrected chi connectivity index (χ4v) is 4.03. The molecule has 1 aliphatic heterocycles. The van der Waals surface area contributed by atoms with E-state index in [2.05, 4.69) is 55.1 Å². The highest BCUT2D eigenvalue weighted by molar-refractivity contribution is 6.01. The predicted molar refractivity (Wildman–Crippen MR) is 107 cm³/mol. The van der Waals surface area contributed by atoms with Crippen molar-refractivity contribution in [1.82, 2.24) is 9.47 Å². The predicted octanol–water partition coefficient (Wildman–Crippen LogP) is 3.76. The summed E-state index contributed by atoms with van der Waals surface area (Å²) in [6.45, 7) is 7.43. The van der Waals surface area contributed by atoms with Gasteiger partial charge in [-0.05, 0) is 43.2 Å². The molecule has 0 spiro atoms. The Bertz CT molecular complexity index is 926. The first kappa shape index (κ1) is 16.7. The maximum Gasteiger partial charge on any atom is 0.270 e. The number of para-hydroxylation sites is 1. The number of benzene rings is 2. The number of aromatic nitrogens is 1. The number of anilines is 1. The molecule has 3 aromatic rings. The number of hydrogen-bond acceptors (Lipinski definition) is 2. The van der Waals surface area contributed by atoms with Gasteiger partial charge in [-0.3, -0.25) is 4.79 Å². The lowest BCUT2D eigenvalue weighted by Crippen LogP contribution is -2.49. The molecule has 0 bridgehead atoms. The number of aryl methyl sites for hydroxylation is 3. The van der Waals surface area contributed by atoms with Gasteiger partial charge < -0.3 is 14.4 Å². The van der Waals surface area contributed by atoms with Gasteiger partial charge in [0.15, 0.2) is 0 Å². The van der Waals surface area contributed by atoms with Crippen LogP contribution in [0.4, 0.5) is 5.69 Å². The maximum absolute atomic E-state index is 13.2. The lowest BCUT2D eigenvalue weighted by molar-refractivity contribution is 0.0737. The number of fused-ring (bicyclic) bond motifs is 1. The second kappa shape index (κ2) is 6.52. The van der Waals surface area contributed by atoms with Gasteiger partial charge in [0.1, 0.15) is 5.69 Å². The maximum atomic E-state index is 13.2. The number of amides is 1. The molecule has 4 heteroatoms. The van der Waals surface area contributed by atoms with Crippen molar-refractivity contribution in [2.75, 3.05) is 31.1 Å². The topological polar surface area (TPSA) is 28.5 Å². The van der Waals surface area contributed by atoms with E-state index >= 15 is 0 Å². The third-order valence-electron chi connectivity index (χ3n) is 5.50. The van der Waals surface area contributed by atoms with Crippen molar-refractivity contribution in [1.29, 1.82) is 0 Å². The second-order valence-corrected chi connectivity index (χ2v) is 7.17. The van der Waals surface area contributed by atoms with Crippen LogP contribution in [0.2, 0.25) is 0 Å². The minimum atomic E-state index is 0.144. The Morgan fingerprint density at radius 2 is 1.65 bits per heavy atom. The Morgan fingerprint density at radius 1 is 0.923 bits per heavy atom. The molecular formula is C22H25N3O. The van der Waals surface area contributed by atoms with Gasteiger partial charge >= 0.3 is 0 Å². The number of rotatable bonds is 2. The van der Waals surface area contributed by atoms with E-state index in [9.17, 15) is 4.79 Å². The van der Waals surface area contributed by atoms with Crippen LogP contribution in [-0.4, -0.2) is 41.6 Å². The lowest BCUT2D eigenvalue weighted by atomic mass is 10.1. The Hall–Kier alpha value is -2.75. The van der Waals surface area contributed by atoms with Gasteiger partial charge in [0.2, 0.25) is 0 Å². The van der Waals surface area contributed by atoms with Crippen LogP contribution in [0.5, 0.6) is 0 Å². The molecule has 1 amide bonds. The molecule has 0 radical (unpaired) electrons. The van der Waals surface area contributed by atoms with Gasteiger partial charge in [-0.15, -0.1) is 0 Å². The Kier molecular flexibility index (Phi) is 4.19. The average Bonchev–Trinajstić information content (AvgIpc) is 2.92. The summed E-state index contributed by atoms with van der Waals surface area (Å²) in [7, 11) is 1.99. The van der Waals surface area contributed by atoms with Crippen LogP contribution in [0.25, 0.3) is 10.9 Å². The van der Waals surface area contributed by atoms with Gasteiger partial charge in [0.05, 0.1) is 0 Å². The highest BCUT2D eigenvalue weighted by Gasteiger charge is 2.26. The van der Waals surface area contributed by atoms with E-state index < -0.39 is 0 Å². The molecule has 0 saturated carbocycles. The summed E-state index contributed by atoms with van der Waals surface area (Å²) in [6.07, 6.45) is 0. The van der Waals surface area contributed by atoms with E-state index in [4.69, 9.17) is 0 Å². The average molecular weight is 347 g/mol. The molecule has 2 heterocycles. The first-order valence-corrected chi connectivity index (χ1v) is 9.21. The first-order chi connectivity index (χ1) is 12.6. The zero-order valence-electron chi connectivity index (χ0n) is 15.7. The van der Waals surface area contributed by atoms with Crippen LogP contribution in [0, 0.1) is 13.8 Å². The number of carbonyl (C=O) groups is 1. The first-order valence-electron chi connectivity index (χ1n) is 9.21. The fraction of sp³-hybridized carbons (Fsp3) is 0.318. The van der Waals surface area contributed by atoms with Crippen molar-refractivity contribution in [3.63, 3.8) is 0 Å². The summed E-state index contributed by atoms with van der Waals surface area (Å²) in [5.41, 5.74) is 5.53. The molecule has 1 fully saturated rings. The minimum absolute atomic E-state index is 0.144. The smallest absolute Gasteiger partial charge is 0.270 e. The van der Waals surface area contributed by atoms with E-state index in [-0.39, 0.29) is 5.91 Å². The van der Waals surface area contributed by atoms with E-state index in [0.717, 1.165) is 48.3 Å². The van der Waals surface area contributed by atoms with Gasteiger partial charge in [-0.25, -0.2) is 0 Å². The third-order valence-corrected chi connectivity index (χ3v) is 5.50. The highest BCUT2D eigenvalue weighted by atomic mass is 16.2. The van der Waals surface area contributed by atoms with Gasteiger partial charge in [-0.1, -0.05) is 30.3 Å². The molecule has 4 rings (SSSR count). The van der Waals surface area contributed by atoms with E-state index in [0.29, 0.717) is 0 Å². The zero-order chi connectivity index (χ0) is 18.3. The monoisotopic (exact) mass is 347 g/mol. The molecule has 1 aromatic heterocycles. The minimum Gasteiger partial charge on any atom is -0.368 e. The number of carbonyl (C=O) groups excluding carboxylic acids is 1. The van der Waals surface area contributed by atoms with Crippen molar-refractivity contribution in [3.8, 4) is 0 Å². The van der Waals surface area contributed by atoms with Gasteiger partial charge in [0.25, 0.3) is 5.91 Å². The van der Waals surface area contributed by atoms with Crippen molar-refractivity contribution >= 4 is 22.5 Å². The summed E-state index contributed by atoms with van der Waals surface area (Å²) in [6, 6.07) is 16.8. The van der Waals surface area contributed by atoms with Crippen LogP contribution in [-0.2, 0) is 7.05 Å². The van der Waals surface area contributed by atoms with Crippen LogP contribution < -0.4 is 4.90 Å². The third kappa shape index (κ3) is 2.75. The van der Waals surface area contributed by atoms with Crippen LogP contribution in [0.1, 0.15) is 21.6 Å². The fourth-order valence-electron chi connectivity index (χ4n) is 4.03. The molecule has 0 N–H and O–H groups in total. The van der Waals surface area contributed by atoms with Crippen molar-refractivity contribution in [2.24, 2.45) is 7.05 Å². The molecule has 0 atom stereocenters. The van der Waals surface area contributed by atoms with Gasteiger partial charge in [0, 0.05) is 49.8 Å². The summed E-state index contributed by atoms with van der Waals surface area (Å²) >= 11 is 0. The van der Waals surface area contributed by atoms with Crippen molar-refractivity contribution in [2.45, 2.75) is 13.8 Å². The Morgan fingerprint density at radius 3 is 2.35 bits per heavy atom. The Labute approximate surface area is 154 Å². The standard InChI is InChI=1S/C22H25N3O/c1-16-7-6-8-18(15-16)24-11-13-25(14-12-24)22(26)21-17(2)19-9-4-5-10-20(19)23(21)3/h4-10,15H,11-14H2,1-3H3. The van der Waals surface area contributed by atoms with Crippen LogP contribution >= 0.6 is 0 Å². The SMILES string of the molecule is Cc1cccc(N2CCN(C(=O)c3c(C)c4ccccc4n3C)CC2)c1. The molecule has 1 saturated heterocycles. The summed E-state index contributed by atoms with van der Waals surface area (Å²) in [5.74, 6) is 0.144. The normalized spacial score (nSPS) is 14.9. The molecular weight excluding hydrogens is 322 g/mol. The Balaban J connectivity index is 1.54. The summed E-state index contributed by atoms with van der Waals surface area (Å²) in [4.78, 5) is 17.6. The zero-order valence-corrected chi connectivity index (χ0v) is 15.7. The van der Waals surface area contributed by atoms with Crippen LogP contribution in [0.3, 0.4) is 0 Å². The van der Waals surface area contributed by atoms with Crippen molar-refractivity contribution in [3.05, 3.63) is 65.4 Å². The molecule has 26 heavy (non-hydrogen) atoms. The van der Waals surface area contributed by atoms with Crippen LogP contribution in [0.15, 0.2) is 48.5 Å². The summed E-state index contributed by atoms with van der Waals surface area (Å²) < 4.78 is 2.04. The molecule has 1 aliphatic rings. The van der Waals surface area contributed by atoms with Gasteiger partial charge in [-0.2, -0.15) is 0 Å². The number of piperazine rings is 1. The number of nitrogens with zero attached hydrogens (tertiary/aromatic N) is 3. The molecule has 2 aromatic carbocycles. The molecule has 0 aliphatic carbocycles. The summed E-state index contributed by atoms with van der Waals surface area (Å²) in [5, 5.41) is 1.16. The van der Waals surface area contributed by atoms with E-state index in [1.807, 2.05) is 28.6 Å². The van der Waals surface area contributed by atoms with E-state index in [1.165, 1.54) is 11.3 Å². The largest absolute Gasteiger partial charge is 0.368 e. The molecule has 134 valence electrons. The quantitative estimate of drug-likeness (QED) is 0.706.